The molecule has 0 spiro atoms. The number of aryl methyl sites for hydroxylation is 1. The lowest BCUT2D eigenvalue weighted by Crippen LogP contribution is -2.23. The third-order valence-corrected chi connectivity index (χ3v) is 4.00. The van der Waals surface area contributed by atoms with Gasteiger partial charge in [0.2, 0.25) is 0 Å². The summed E-state index contributed by atoms with van der Waals surface area (Å²) in [6, 6.07) is 6.80. The van der Waals surface area contributed by atoms with Crippen LogP contribution in [0.5, 0.6) is 0 Å². The molecule has 2 nitrogen and oxygen atoms in total. The number of rotatable bonds is 6. The fourth-order valence-electron chi connectivity index (χ4n) is 2.59. The van der Waals surface area contributed by atoms with E-state index in [1.807, 2.05) is 0 Å². The van der Waals surface area contributed by atoms with Crippen LogP contribution in [-0.2, 0) is 6.54 Å². The van der Waals surface area contributed by atoms with Crippen LogP contribution in [0.2, 0.25) is 0 Å². The van der Waals surface area contributed by atoms with E-state index in [0.29, 0.717) is 0 Å². The minimum atomic E-state index is 0.906. The first-order chi connectivity index (χ1) is 8.61. The van der Waals surface area contributed by atoms with Crippen molar-refractivity contribution in [1.82, 2.24) is 5.32 Å². The molecule has 1 aromatic carbocycles. The highest BCUT2D eigenvalue weighted by Gasteiger charge is 2.33. The van der Waals surface area contributed by atoms with Crippen molar-refractivity contribution in [2.75, 3.05) is 25.0 Å². The van der Waals surface area contributed by atoms with Crippen molar-refractivity contribution in [3.63, 3.8) is 0 Å². The van der Waals surface area contributed by atoms with E-state index in [1.54, 1.807) is 0 Å². The van der Waals surface area contributed by atoms with E-state index >= 15 is 0 Å². The average molecular weight is 246 g/mol. The first kappa shape index (κ1) is 13.4. The fraction of sp³-hybridized carbons (Fsp3) is 0.625. The quantitative estimate of drug-likeness (QED) is 0.829. The Labute approximate surface area is 111 Å². The SMILES string of the molecule is CCNCc1cc(C)ccc1N(C)CC1CC1C. The summed E-state index contributed by atoms with van der Waals surface area (Å²) in [5.41, 5.74) is 4.16. The predicted molar refractivity (Wildman–Crippen MR) is 79.1 cm³/mol. The van der Waals surface area contributed by atoms with Crippen molar-refractivity contribution in [1.29, 1.82) is 0 Å². The van der Waals surface area contributed by atoms with Crippen LogP contribution in [0, 0.1) is 18.8 Å². The molecular weight excluding hydrogens is 220 g/mol. The van der Waals surface area contributed by atoms with Crippen molar-refractivity contribution < 1.29 is 0 Å². The molecule has 1 N–H and O–H groups in total. The number of hydrogen-bond acceptors (Lipinski definition) is 2. The second-order valence-corrected chi connectivity index (χ2v) is 5.77. The molecule has 2 rings (SSSR count). The molecule has 0 saturated heterocycles. The van der Waals surface area contributed by atoms with Crippen molar-refractivity contribution in [3.8, 4) is 0 Å². The van der Waals surface area contributed by atoms with Gasteiger partial charge in [0.25, 0.3) is 0 Å². The molecule has 2 atom stereocenters. The third kappa shape index (κ3) is 3.26. The second kappa shape index (κ2) is 5.75. The Balaban J connectivity index is 2.09. The first-order valence-electron chi connectivity index (χ1n) is 7.13. The zero-order valence-electron chi connectivity index (χ0n) is 12.2. The molecule has 0 amide bonds. The van der Waals surface area contributed by atoms with Crippen molar-refractivity contribution in [2.24, 2.45) is 11.8 Å². The minimum absolute atomic E-state index is 0.906. The van der Waals surface area contributed by atoms with Crippen LogP contribution in [0.25, 0.3) is 0 Å². The van der Waals surface area contributed by atoms with Crippen molar-refractivity contribution >= 4 is 5.69 Å². The summed E-state index contributed by atoms with van der Waals surface area (Å²) >= 11 is 0. The summed E-state index contributed by atoms with van der Waals surface area (Å²) < 4.78 is 0. The van der Waals surface area contributed by atoms with E-state index in [9.17, 15) is 0 Å². The molecular formula is C16H26N2. The number of benzene rings is 1. The Bertz CT molecular complexity index is 400. The summed E-state index contributed by atoms with van der Waals surface area (Å²) in [7, 11) is 2.23. The molecule has 0 bridgehead atoms. The lowest BCUT2D eigenvalue weighted by atomic mass is 10.1. The van der Waals surface area contributed by atoms with Gasteiger partial charge in [-0.2, -0.15) is 0 Å². The number of anilines is 1. The van der Waals surface area contributed by atoms with Gasteiger partial charge in [-0.05, 0) is 43.4 Å². The van der Waals surface area contributed by atoms with E-state index in [1.165, 1.54) is 29.8 Å². The van der Waals surface area contributed by atoms with Crippen molar-refractivity contribution in [3.05, 3.63) is 29.3 Å². The summed E-state index contributed by atoms with van der Waals surface area (Å²) in [5.74, 6) is 1.83. The van der Waals surface area contributed by atoms with E-state index in [2.05, 4.69) is 56.2 Å². The lowest BCUT2D eigenvalue weighted by molar-refractivity contribution is 0.704. The average Bonchev–Trinajstić information content (AvgIpc) is 3.02. The van der Waals surface area contributed by atoms with Gasteiger partial charge in [0.15, 0.2) is 0 Å². The summed E-state index contributed by atoms with van der Waals surface area (Å²) in [4.78, 5) is 2.43. The van der Waals surface area contributed by atoms with Gasteiger partial charge in [0.1, 0.15) is 0 Å². The van der Waals surface area contributed by atoms with E-state index in [4.69, 9.17) is 0 Å². The fourth-order valence-corrected chi connectivity index (χ4v) is 2.59. The Hall–Kier alpha value is -1.02. The first-order valence-corrected chi connectivity index (χ1v) is 7.13. The van der Waals surface area contributed by atoms with Gasteiger partial charge in [-0.3, -0.25) is 0 Å². The standard InChI is InChI=1S/C16H26N2/c1-5-17-10-14-8-12(2)6-7-16(14)18(4)11-15-9-13(15)3/h6-8,13,15,17H,5,9-11H2,1-4H3. The van der Waals surface area contributed by atoms with Gasteiger partial charge in [-0.1, -0.05) is 31.5 Å². The topological polar surface area (TPSA) is 15.3 Å². The van der Waals surface area contributed by atoms with Crippen LogP contribution in [0.3, 0.4) is 0 Å². The molecule has 1 aliphatic carbocycles. The largest absolute Gasteiger partial charge is 0.374 e. The van der Waals surface area contributed by atoms with Crippen LogP contribution < -0.4 is 10.2 Å². The number of hydrogen-bond donors (Lipinski definition) is 1. The summed E-state index contributed by atoms with van der Waals surface area (Å²) in [5, 5.41) is 3.44. The Morgan fingerprint density at radius 2 is 2.11 bits per heavy atom. The maximum Gasteiger partial charge on any atom is 0.0409 e. The van der Waals surface area contributed by atoms with E-state index in [0.717, 1.165) is 24.9 Å². The maximum atomic E-state index is 3.44. The van der Waals surface area contributed by atoms with Crippen LogP contribution in [0.1, 0.15) is 31.4 Å². The van der Waals surface area contributed by atoms with Crippen LogP contribution in [-0.4, -0.2) is 20.1 Å². The molecule has 18 heavy (non-hydrogen) atoms. The second-order valence-electron chi connectivity index (χ2n) is 5.77. The van der Waals surface area contributed by atoms with Gasteiger partial charge in [-0.25, -0.2) is 0 Å². The van der Waals surface area contributed by atoms with Gasteiger partial charge in [0, 0.05) is 25.8 Å². The van der Waals surface area contributed by atoms with Crippen molar-refractivity contribution in [2.45, 2.75) is 33.7 Å². The molecule has 100 valence electrons. The van der Waals surface area contributed by atoms with Crippen LogP contribution >= 0.6 is 0 Å². The molecule has 0 aromatic heterocycles. The van der Waals surface area contributed by atoms with Gasteiger partial charge in [-0.15, -0.1) is 0 Å². The highest BCUT2D eigenvalue weighted by molar-refractivity contribution is 5.54. The van der Waals surface area contributed by atoms with Crippen LogP contribution in [0.15, 0.2) is 18.2 Å². The highest BCUT2D eigenvalue weighted by Crippen LogP contribution is 2.39. The zero-order chi connectivity index (χ0) is 13.1. The van der Waals surface area contributed by atoms with E-state index < -0.39 is 0 Å². The van der Waals surface area contributed by atoms with E-state index in [-0.39, 0.29) is 0 Å². The number of nitrogens with zero attached hydrogens (tertiary/aromatic N) is 1. The molecule has 2 unspecified atom stereocenters. The smallest absolute Gasteiger partial charge is 0.0409 e. The third-order valence-electron chi connectivity index (χ3n) is 4.00. The predicted octanol–water partition coefficient (Wildman–Crippen LogP) is 3.20. The summed E-state index contributed by atoms with van der Waals surface area (Å²) in [6.07, 6.45) is 1.40. The Morgan fingerprint density at radius 3 is 2.72 bits per heavy atom. The molecule has 0 heterocycles. The van der Waals surface area contributed by atoms with Crippen LogP contribution in [0.4, 0.5) is 5.69 Å². The van der Waals surface area contributed by atoms with Gasteiger partial charge in [0.05, 0.1) is 0 Å². The molecule has 2 heteroatoms. The van der Waals surface area contributed by atoms with Gasteiger partial charge < -0.3 is 10.2 Å². The molecule has 1 aliphatic rings. The minimum Gasteiger partial charge on any atom is -0.374 e. The normalized spacial score (nSPS) is 22.0. The lowest BCUT2D eigenvalue weighted by Gasteiger charge is -2.23. The molecule has 0 aliphatic heterocycles. The molecule has 1 aromatic rings. The zero-order valence-corrected chi connectivity index (χ0v) is 12.2. The Kier molecular flexibility index (Phi) is 4.28. The summed E-state index contributed by atoms with van der Waals surface area (Å²) in [6.45, 7) is 9.87. The molecule has 1 fully saturated rings. The molecule has 0 radical (unpaired) electrons. The molecule has 1 saturated carbocycles. The maximum absolute atomic E-state index is 3.44. The van der Waals surface area contributed by atoms with Gasteiger partial charge >= 0.3 is 0 Å². The number of nitrogens with one attached hydrogen (secondary N) is 1. The Morgan fingerprint density at radius 1 is 1.39 bits per heavy atom. The monoisotopic (exact) mass is 246 g/mol. The highest BCUT2D eigenvalue weighted by atomic mass is 15.1.